The molecule has 1 aliphatic heterocycles. The number of methoxy groups -OCH3 is 2. The lowest BCUT2D eigenvalue weighted by atomic mass is 9.67. The molecule has 2 aliphatic rings. The Morgan fingerprint density at radius 1 is 0.906 bits per heavy atom. The molecule has 4 rings (SSSR count). The maximum absolute atomic E-state index is 12.5. The molecular formula is C24H24O8. The summed E-state index contributed by atoms with van der Waals surface area (Å²) in [6, 6.07) is 8.93. The highest BCUT2D eigenvalue weighted by molar-refractivity contribution is 5.77. The second-order valence-electron chi connectivity index (χ2n) is 7.88. The van der Waals surface area contributed by atoms with E-state index in [1.54, 1.807) is 18.2 Å². The lowest BCUT2D eigenvalue weighted by molar-refractivity contribution is -0.141. The summed E-state index contributed by atoms with van der Waals surface area (Å²) in [7, 11) is 3.00. The van der Waals surface area contributed by atoms with E-state index in [-0.39, 0.29) is 30.3 Å². The first-order chi connectivity index (χ1) is 15.3. The Labute approximate surface area is 185 Å². The molecule has 0 spiro atoms. The first-order valence-corrected chi connectivity index (χ1v) is 10.2. The maximum atomic E-state index is 12.5. The van der Waals surface area contributed by atoms with E-state index in [2.05, 4.69) is 0 Å². The smallest absolute Gasteiger partial charge is 0.309 e. The van der Waals surface area contributed by atoms with Crippen LogP contribution >= 0.6 is 0 Å². The van der Waals surface area contributed by atoms with Crippen molar-refractivity contribution in [3.8, 4) is 23.0 Å². The number of hydrogen-bond acceptors (Lipinski definition) is 8. The van der Waals surface area contributed by atoms with Crippen molar-refractivity contribution in [1.29, 1.82) is 0 Å². The van der Waals surface area contributed by atoms with Crippen LogP contribution in [0.15, 0.2) is 30.3 Å². The molecule has 1 aliphatic carbocycles. The zero-order valence-electron chi connectivity index (χ0n) is 18.3. The van der Waals surface area contributed by atoms with E-state index in [9.17, 15) is 14.4 Å². The summed E-state index contributed by atoms with van der Waals surface area (Å²) in [4.78, 5) is 35.5. The van der Waals surface area contributed by atoms with E-state index in [1.807, 2.05) is 12.1 Å². The van der Waals surface area contributed by atoms with Crippen molar-refractivity contribution in [3.05, 3.63) is 47.0 Å². The molecular weight excluding hydrogens is 416 g/mol. The summed E-state index contributed by atoms with van der Waals surface area (Å²) < 4.78 is 26.9. The first kappa shape index (κ1) is 21.7. The van der Waals surface area contributed by atoms with Crippen molar-refractivity contribution >= 4 is 17.9 Å². The molecule has 8 heteroatoms. The SMILES string of the molecule is COc1cc(C2c3cc(OC(C)=O)c(OC)cc3CC3C(=O)OC[C@@H]32)ccc1OC(C)=O. The van der Waals surface area contributed by atoms with Crippen LogP contribution in [0.4, 0.5) is 0 Å². The number of esters is 3. The van der Waals surface area contributed by atoms with Crippen LogP contribution in [0.2, 0.25) is 0 Å². The van der Waals surface area contributed by atoms with Crippen molar-refractivity contribution in [1.82, 2.24) is 0 Å². The summed E-state index contributed by atoms with van der Waals surface area (Å²) in [5.74, 6) is -0.305. The van der Waals surface area contributed by atoms with Gasteiger partial charge in [0.15, 0.2) is 23.0 Å². The standard InChI is InChI=1S/C24H24O8/c1-12(25)31-19-6-5-14(8-20(19)28-3)23-16-10-22(32-13(2)26)21(29-4)9-15(16)7-17-18(23)11-30-24(17)27/h5-6,8-10,17-18,23H,7,11H2,1-4H3/t17?,18-,23?/m0/s1. The van der Waals surface area contributed by atoms with Crippen molar-refractivity contribution in [3.63, 3.8) is 0 Å². The second kappa shape index (κ2) is 8.53. The molecule has 8 nitrogen and oxygen atoms in total. The molecule has 1 fully saturated rings. The molecule has 1 heterocycles. The topological polar surface area (TPSA) is 97.4 Å². The van der Waals surface area contributed by atoms with Crippen LogP contribution in [-0.2, 0) is 25.5 Å². The number of rotatable bonds is 5. The van der Waals surface area contributed by atoms with Crippen LogP contribution in [0.3, 0.4) is 0 Å². The monoisotopic (exact) mass is 440 g/mol. The van der Waals surface area contributed by atoms with Gasteiger partial charge >= 0.3 is 17.9 Å². The highest BCUT2D eigenvalue weighted by Crippen LogP contribution is 2.50. The van der Waals surface area contributed by atoms with Gasteiger partial charge in [0.05, 0.1) is 26.7 Å². The lowest BCUT2D eigenvalue weighted by Crippen LogP contribution is -2.31. The summed E-state index contributed by atoms with van der Waals surface area (Å²) in [6.45, 7) is 2.94. The summed E-state index contributed by atoms with van der Waals surface area (Å²) in [5, 5.41) is 0. The van der Waals surface area contributed by atoms with Gasteiger partial charge in [0, 0.05) is 25.7 Å². The minimum Gasteiger partial charge on any atom is -0.493 e. The predicted molar refractivity (Wildman–Crippen MR) is 112 cm³/mol. The third-order valence-corrected chi connectivity index (χ3v) is 5.92. The average Bonchev–Trinajstić information content (AvgIpc) is 3.11. The molecule has 32 heavy (non-hydrogen) atoms. The fourth-order valence-electron chi connectivity index (χ4n) is 4.63. The van der Waals surface area contributed by atoms with E-state index in [0.717, 1.165) is 16.7 Å². The lowest BCUT2D eigenvalue weighted by Gasteiger charge is -2.34. The maximum Gasteiger partial charge on any atom is 0.309 e. The Morgan fingerprint density at radius 3 is 2.22 bits per heavy atom. The molecule has 168 valence electrons. The third-order valence-electron chi connectivity index (χ3n) is 5.92. The highest BCUT2D eigenvalue weighted by Gasteiger charge is 2.47. The van der Waals surface area contributed by atoms with Gasteiger partial charge in [0.25, 0.3) is 0 Å². The van der Waals surface area contributed by atoms with Gasteiger partial charge in [-0.2, -0.15) is 0 Å². The predicted octanol–water partition coefficient (Wildman–Crippen LogP) is 3.03. The van der Waals surface area contributed by atoms with E-state index < -0.39 is 11.9 Å². The van der Waals surface area contributed by atoms with Crippen molar-refractivity contribution in [2.45, 2.75) is 26.2 Å². The zero-order chi connectivity index (χ0) is 23.0. The molecule has 2 unspecified atom stereocenters. The number of fused-ring (bicyclic) bond motifs is 2. The molecule has 2 aromatic rings. The normalized spacial score (nSPS) is 21.1. The number of hydrogen-bond donors (Lipinski definition) is 0. The van der Waals surface area contributed by atoms with Gasteiger partial charge < -0.3 is 23.7 Å². The molecule has 2 aromatic carbocycles. The van der Waals surface area contributed by atoms with Crippen LogP contribution in [0.1, 0.15) is 36.5 Å². The minimum atomic E-state index is -0.458. The molecule has 0 radical (unpaired) electrons. The molecule has 0 N–H and O–H groups in total. The number of cyclic esters (lactones) is 1. The number of carbonyl (C=O) groups is 3. The summed E-state index contributed by atoms with van der Waals surface area (Å²) in [6.07, 6.45) is 0.509. The van der Waals surface area contributed by atoms with E-state index in [0.29, 0.717) is 29.4 Å². The Kier molecular flexibility index (Phi) is 5.78. The molecule has 0 saturated carbocycles. The van der Waals surface area contributed by atoms with Crippen LogP contribution in [0, 0.1) is 11.8 Å². The average molecular weight is 440 g/mol. The van der Waals surface area contributed by atoms with Crippen LogP contribution in [0.25, 0.3) is 0 Å². The van der Waals surface area contributed by atoms with Gasteiger partial charge in [-0.15, -0.1) is 0 Å². The zero-order valence-corrected chi connectivity index (χ0v) is 18.3. The Morgan fingerprint density at radius 2 is 1.56 bits per heavy atom. The number of carbonyl (C=O) groups excluding carboxylic acids is 3. The van der Waals surface area contributed by atoms with Crippen molar-refractivity contribution in [2.75, 3.05) is 20.8 Å². The first-order valence-electron chi connectivity index (χ1n) is 10.2. The molecule has 3 atom stereocenters. The largest absolute Gasteiger partial charge is 0.493 e. The van der Waals surface area contributed by atoms with Crippen molar-refractivity contribution in [2.24, 2.45) is 11.8 Å². The van der Waals surface area contributed by atoms with E-state index in [1.165, 1.54) is 28.1 Å². The van der Waals surface area contributed by atoms with Gasteiger partial charge in [-0.3, -0.25) is 14.4 Å². The van der Waals surface area contributed by atoms with Gasteiger partial charge in [-0.1, -0.05) is 6.07 Å². The van der Waals surface area contributed by atoms with Gasteiger partial charge in [-0.05, 0) is 47.4 Å². The quantitative estimate of drug-likeness (QED) is 0.517. The fourth-order valence-corrected chi connectivity index (χ4v) is 4.63. The van der Waals surface area contributed by atoms with Gasteiger partial charge in [0.2, 0.25) is 0 Å². The van der Waals surface area contributed by atoms with Crippen LogP contribution in [-0.4, -0.2) is 38.7 Å². The Hall–Kier alpha value is -3.55. The van der Waals surface area contributed by atoms with Crippen LogP contribution in [0.5, 0.6) is 23.0 Å². The Bertz CT molecular complexity index is 1090. The minimum absolute atomic E-state index is 0.0992. The van der Waals surface area contributed by atoms with Gasteiger partial charge in [-0.25, -0.2) is 0 Å². The second-order valence-corrected chi connectivity index (χ2v) is 7.88. The molecule has 0 bridgehead atoms. The fraction of sp³-hybridized carbons (Fsp3) is 0.375. The van der Waals surface area contributed by atoms with Crippen molar-refractivity contribution < 1.29 is 38.1 Å². The Balaban J connectivity index is 1.86. The van der Waals surface area contributed by atoms with E-state index in [4.69, 9.17) is 23.7 Å². The number of benzene rings is 2. The molecule has 0 aromatic heterocycles. The number of ether oxygens (including phenoxy) is 5. The molecule has 1 saturated heterocycles. The molecule has 0 amide bonds. The van der Waals surface area contributed by atoms with E-state index >= 15 is 0 Å². The van der Waals surface area contributed by atoms with Gasteiger partial charge in [0.1, 0.15) is 0 Å². The highest BCUT2D eigenvalue weighted by atomic mass is 16.6. The summed E-state index contributed by atoms with van der Waals surface area (Å²) >= 11 is 0. The summed E-state index contributed by atoms with van der Waals surface area (Å²) in [5.41, 5.74) is 2.71. The third kappa shape index (κ3) is 3.88. The van der Waals surface area contributed by atoms with Crippen LogP contribution < -0.4 is 18.9 Å².